The quantitative estimate of drug-likeness (QED) is 0.745. The van der Waals surface area contributed by atoms with Crippen molar-refractivity contribution in [3.63, 3.8) is 0 Å². The van der Waals surface area contributed by atoms with Gasteiger partial charge in [0.15, 0.2) is 4.80 Å². The number of anilines is 1. The normalized spacial score (nSPS) is 19.1. The van der Waals surface area contributed by atoms with Gasteiger partial charge in [-0.15, -0.1) is 0 Å². The number of aromatic nitrogens is 1. The second-order valence-corrected chi connectivity index (χ2v) is 5.76. The van der Waals surface area contributed by atoms with E-state index in [2.05, 4.69) is 10.3 Å². The van der Waals surface area contributed by atoms with E-state index >= 15 is 0 Å². The van der Waals surface area contributed by atoms with Gasteiger partial charge in [-0.05, 0) is 12.5 Å². The molecule has 0 bridgehead atoms. The molecule has 1 N–H and O–H groups in total. The summed E-state index contributed by atoms with van der Waals surface area (Å²) in [5.74, 6) is -0.206. The number of thiazole rings is 1. The summed E-state index contributed by atoms with van der Waals surface area (Å²) in [6, 6.07) is 7.44. The summed E-state index contributed by atoms with van der Waals surface area (Å²) in [5.41, 5.74) is 1.94. The number of carbonyl (C=O) groups is 1. The van der Waals surface area contributed by atoms with Crippen LogP contribution in [0.1, 0.15) is 12.0 Å². The topological polar surface area (TPSA) is 63.5 Å². The summed E-state index contributed by atoms with van der Waals surface area (Å²) >= 11 is 1.31. The van der Waals surface area contributed by atoms with E-state index in [1.54, 1.807) is 4.57 Å². The van der Waals surface area contributed by atoms with Crippen molar-refractivity contribution in [1.29, 1.82) is 0 Å². The number of hydrogen-bond donors (Lipinski definition) is 1. The average Bonchev–Trinajstić information content (AvgIpc) is 2.96. The zero-order valence-corrected chi connectivity index (χ0v) is 11.4. The van der Waals surface area contributed by atoms with Crippen molar-refractivity contribution in [3.8, 4) is 0 Å². The molecule has 20 heavy (non-hydrogen) atoms. The molecule has 0 unspecified atom stereocenters. The van der Waals surface area contributed by atoms with Gasteiger partial charge >= 0.3 is 0 Å². The van der Waals surface area contributed by atoms with Crippen molar-refractivity contribution in [1.82, 2.24) is 4.57 Å². The first-order valence-corrected chi connectivity index (χ1v) is 7.26. The largest absolute Gasteiger partial charge is 0.321 e. The molecule has 4 rings (SSSR count). The van der Waals surface area contributed by atoms with E-state index in [0.29, 0.717) is 16.7 Å². The Labute approximate surface area is 117 Å². The lowest BCUT2D eigenvalue weighted by molar-refractivity contribution is -0.110. The van der Waals surface area contributed by atoms with Gasteiger partial charge in [0, 0.05) is 24.3 Å². The van der Waals surface area contributed by atoms with Gasteiger partial charge in [-0.25, -0.2) is 0 Å². The molecule has 2 aliphatic rings. The van der Waals surface area contributed by atoms with Crippen LogP contribution in [0.25, 0.3) is 5.57 Å². The Hall–Kier alpha value is -2.21. The van der Waals surface area contributed by atoms with Crippen molar-refractivity contribution in [2.24, 2.45) is 4.99 Å². The van der Waals surface area contributed by atoms with E-state index in [4.69, 9.17) is 0 Å². The third kappa shape index (κ3) is 1.51. The second kappa shape index (κ2) is 4.14. The van der Waals surface area contributed by atoms with Crippen molar-refractivity contribution in [2.45, 2.75) is 13.0 Å². The van der Waals surface area contributed by atoms with Crippen LogP contribution in [0.3, 0.4) is 0 Å². The fraction of sp³-hybridized carbons (Fsp3) is 0.214. The van der Waals surface area contributed by atoms with Crippen LogP contribution in [-0.4, -0.2) is 17.0 Å². The van der Waals surface area contributed by atoms with Crippen LogP contribution in [0.5, 0.6) is 0 Å². The average molecular weight is 285 g/mol. The SMILES string of the molecule is O=C1Nc2ccccc2C1=c1sc2n(c1=O)CCCN=2. The van der Waals surface area contributed by atoms with Gasteiger partial charge in [-0.2, -0.15) is 0 Å². The first-order chi connectivity index (χ1) is 9.75. The first kappa shape index (κ1) is 11.6. The maximum atomic E-state index is 12.5. The fourth-order valence-electron chi connectivity index (χ4n) is 2.62. The third-order valence-corrected chi connectivity index (χ3v) is 4.66. The van der Waals surface area contributed by atoms with Crippen LogP contribution in [0.15, 0.2) is 34.1 Å². The summed E-state index contributed by atoms with van der Waals surface area (Å²) < 4.78 is 2.16. The van der Waals surface area contributed by atoms with Crippen LogP contribution in [0.4, 0.5) is 5.69 Å². The number of rotatable bonds is 0. The molecule has 0 spiro atoms. The second-order valence-electron chi connectivity index (χ2n) is 4.78. The van der Waals surface area contributed by atoms with Gasteiger partial charge in [0.25, 0.3) is 11.5 Å². The molecule has 0 radical (unpaired) electrons. The summed E-state index contributed by atoms with van der Waals surface area (Å²) in [5, 5.41) is 2.81. The number of amides is 1. The van der Waals surface area contributed by atoms with Gasteiger partial charge in [0.1, 0.15) is 4.53 Å². The summed E-state index contributed by atoms with van der Waals surface area (Å²) in [4.78, 5) is 29.7. The highest BCUT2D eigenvalue weighted by Gasteiger charge is 2.26. The monoisotopic (exact) mass is 285 g/mol. The molecule has 2 aliphatic heterocycles. The van der Waals surface area contributed by atoms with E-state index in [0.717, 1.165) is 29.0 Å². The van der Waals surface area contributed by atoms with Crippen molar-refractivity contribution in [3.05, 3.63) is 49.5 Å². The smallest absolute Gasteiger partial charge is 0.271 e. The number of fused-ring (bicyclic) bond motifs is 2. The highest BCUT2D eigenvalue weighted by molar-refractivity contribution is 7.07. The molecule has 0 atom stereocenters. The number of benzene rings is 1. The van der Waals surface area contributed by atoms with Gasteiger partial charge < -0.3 is 5.32 Å². The minimum absolute atomic E-state index is 0.102. The Morgan fingerprint density at radius 1 is 1.25 bits per heavy atom. The van der Waals surface area contributed by atoms with Gasteiger partial charge in [-0.1, -0.05) is 29.5 Å². The zero-order chi connectivity index (χ0) is 13.7. The number of nitrogens with zero attached hydrogens (tertiary/aromatic N) is 2. The van der Waals surface area contributed by atoms with E-state index in [9.17, 15) is 9.59 Å². The maximum absolute atomic E-state index is 12.5. The Morgan fingerprint density at radius 2 is 2.10 bits per heavy atom. The molecule has 100 valence electrons. The Bertz CT molecular complexity index is 907. The van der Waals surface area contributed by atoms with Gasteiger partial charge in [0.05, 0.1) is 5.57 Å². The summed E-state index contributed by atoms with van der Waals surface area (Å²) in [6.45, 7) is 1.43. The third-order valence-electron chi connectivity index (χ3n) is 3.55. The van der Waals surface area contributed by atoms with Crippen LogP contribution in [0, 0.1) is 0 Å². The minimum atomic E-state index is -0.206. The first-order valence-electron chi connectivity index (χ1n) is 6.45. The van der Waals surface area contributed by atoms with Crippen molar-refractivity contribution < 1.29 is 4.79 Å². The molecule has 0 fully saturated rings. The molecule has 5 nitrogen and oxygen atoms in total. The molecular formula is C14H11N3O2S. The Balaban J connectivity index is 2.13. The van der Waals surface area contributed by atoms with E-state index in [-0.39, 0.29) is 11.5 Å². The molecule has 1 amide bonds. The maximum Gasteiger partial charge on any atom is 0.271 e. The minimum Gasteiger partial charge on any atom is -0.321 e. The lowest BCUT2D eigenvalue weighted by Gasteiger charge is -2.03. The molecule has 2 aromatic rings. The Morgan fingerprint density at radius 3 is 2.95 bits per heavy atom. The predicted octanol–water partition coefficient (Wildman–Crippen LogP) is 0.0842. The van der Waals surface area contributed by atoms with Crippen LogP contribution < -0.4 is 20.2 Å². The Kier molecular flexibility index (Phi) is 2.40. The highest BCUT2D eigenvalue weighted by atomic mass is 32.1. The molecule has 6 heteroatoms. The number of hydrogen-bond acceptors (Lipinski definition) is 4. The van der Waals surface area contributed by atoms with Crippen molar-refractivity contribution >= 4 is 28.5 Å². The lowest BCUT2D eigenvalue weighted by Crippen LogP contribution is -2.35. The lowest BCUT2D eigenvalue weighted by atomic mass is 10.1. The number of carbonyl (C=O) groups excluding carboxylic acids is 1. The molecular weight excluding hydrogens is 274 g/mol. The predicted molar refractivity (Wildman–Crippen MR) is 76.4 cm³/mol. The van der Waals surface area contributed by atoms with Crippen LogP contribution in [-0.2, 0) is 11.3 Å². The molecule has 3 heterocycles. The highest BCUT2D eigenvalue weighted by Crippen LogP contribution is 2.29. The fourth-order valence-corrected chi connectivity index (χ4v) is 3.74. The summed E-state index contributed by atoms with van der Waals surface area (Å²) in [7, 11) is 0. The van der Waals surface area contributed by atoms with Gasteiger partial charge in [0.2, 0.25) is 0 Å². The van der Waals surface area contributed by atoms with Gasteiger partial charge in [-0.3, -0.25) is 19.1 Å². The van der Waals surface area contributed by atoms with E-state index in [1.807, 2.05) is 24.3 Å². The number of para-hydroxylation sites is 1. The molecule has 1 aromatic heterocycles. The van der Waals surface area contributed by atoms with E-state index < -0.39 is 0 Å². The zero-order valence-electron chi connectivity index (χ0n) is 10.5. The molecule has 0 saturated carbocycles. The number of nitrogens with one attached hydrogen (secondary N) is 1. The van der Waals surface area contributed by atoms with Crippen LogP contribution >= 0.6 is 11.3 Å². The molecule has 0 saturated heterocycles. The van der Waals surface area contributed by atoms with Crippen molar-refractivity contribution in [2.75, 3.05) is 11.9 Å². The molecule has 0 aliphatic carbocycles. The summed E-state index contributed by atoms with van der Waals surface area (Å²) in [6.07, 6.45) is 0.876. The van der Waals surface area contributed by atoms with E-state index in [1.165, 1.54) is 11.3 Å². The standard InChI is InChI=1S/C14H11N3O2S/c18-12-10(8-4-1-2-5-9(8)16-12)11-13(19)17-7-3-6-15-14(17)20-11/h1-2,4-5H,3,6-7H2,(H,16,18). The van der Waals surface area contributed by atoms with Crippen LogP contribution in [0.2, 0.25) is 0 Å². The molecule has 1 aromatic carbocycles.